The minimum atomic E-state index is -0.203. The topological polar surface area (TPSA) is 97.9 Å². The fourth-order valence-electron chi connectivity index (χ4n) is 1.65. The number of carbonyl (C=O) groups excluding carboxylic acids is 1. The van der Waals surface area contributed by atoms with Crippen LogP contribution in [0.1, 0.15) is 16.2 Å². The highest BCUT2D eigenvalue weighted by molar-refractivity contribution is 5.92. The first-order chi connectivity index (χ1) is 9.20. The monoisotopic (exact) mass is 260 g/mol. The van der Waals surface area contributed by atoms with E-state index in [0.717, 1.165) is 12.1 Å². The Hall–Kier alpha value is -2.41. The summed E-state index contributed by atoms with van der Waals surface area (Å²) in [5.41, 5.74) is 4.55. The van der Waals surface area contributed by atoms with E-state index in [2.05, 4.69) is 20.8 Å². The summed E-state index contributed by atoms with van der Waals surface area (Å²) < 4.78 is 1.78. The molecule has 2 heterocycles. The smallest absolute Gasteiger partial charge is 0.269 e. The highest BCUT2D eigenvalue weighted by Crippen LogP contribution is 2.04. The van der Waals surface area contributed by atoms with Crippen LogP contribution >= 0.6 is 0 Å². The van der Waals surface area contributed by atoms with Gasteiger partial charge in [-0.25, -0.2) is 4.98 Å². The summed E-state index contributed by atoms with van der Waals surface area (Å²) in [6.45, 7) is 0.539. The molecule has 2 aromatic rings. The molecule has 1 amide bonds. The third-order valence-electron chi connectivity index (χ3n) is 2.75. The van der Waals surface area contributed by atoms with Gasteiger partial charge < -0.3 is 10.7 Å². The number of hydrazine groups is 1. The summed E-state index contributed by atoms with van der Waals surface area (Å²) in [6, 6.07) is 5.24. The predicted molar refractivity (Wildman–Crippen MR) is 71.3 cm³/mol. The van der Waals surface area contributed by atoms with Gasteiger partial charge in [0.15, 0.2) is 0 Å². The zero-order valence-corrected chi connectivity index (χ0v) is 10.6. The number of aromatic nitrogens is 3. The van der Waals surface area contributed by atoms with Crippen molar-refractivity contribution in [2.75, 3.05) is 12.0 Å². The number of hydrogen-bond acceptors (Lipinski definition) is 5. The zero-order valence-electron chi connectivity index (χ0n) is 10.6. The summed E-state index contributed by atoms with van der Waals surface area (Å²) in [5.74, 6) is 5.02. The molecule has 19 heavy (non-hydrogen) atoms. The minimum absolute atomic E-state index is 0.203. The molecule has 0 radical (unpaired) electrons. The summed E-state index contributed by atoms with van der Waals surface area (Å²) in [5, 5.41) is 6.87. The molecule has 0 saturated heterocycles. The number of amides is 1. The Bertz CT molecular complexity index is 548. The third kappa shape index (κ3) is 3.29. The number of rotatable bonds is 5. The lowest BCUT2D eigenvalue weighted by Gasteiger charge is -2.05. The van der Waals surface area contributed by atoms with E-state index in [4.69, 9.17) is 5.84 Å². The first-order valence-corrected chi connectivity index (χ1v) is 5.88. The Labute approximate surface area is 110 Å². The van der Waals surface area contributed by atoms with Crippen molar-refractivity contribution < 1.29 is 4.79 Å². The number of nitrogens with one attached hydrogen (secondary N) is 2. The van der Waals surface area contributed by atoms with Gasteiger partial charge in [-0.2, -0.15) is 5.10 Å². The van der Waals surface area contributed by atoms with Crippen LogP contribution in [0.4, 0.5) is 5.69 Å². The molecular formula is C12H16N6O. The Morgan fingerprint density at radius 3 is 2.84 bits per heavy atom. The molecule has 0 fully saturated rings. The van der Waals surface area contributed by atoms with Crippen molar-refractivity contribution in [2.24, 2.45) is 12.9 Å². The first kappa shape index (κ1) is 13.0. The molecule has 0 saturated carbocycles. The number of nitrogens with two attached hydrogens (primary N) is 1. The average molecular weight is 260 g/mol. The van der Waals surface area contributed by atoms with Crippen LogP contribution in [0.15, 0.2) is 30.6 Å². The molecule has 0 aliphatic carbocycles. The lowest BCUT2D eigenvalue weighted by molar-refractivity contribution is 0.0949. The molecule has 0 spiro atoms. The average Bonchev–Trinajstić information content (AvgIpc) is 2.84. The summed E-state index contributed by atoms with van der Waals surface area (Å²) >= 11 is 0. The molecule has 2 rings (SSSR count). The van der Waals surface area contributed by atoms with E-state index < -0.39 is 0 Å². The molecule has 0 aliphatic heterocycles. The lowest BCUT2D eigenvalue weighted by Crippen LogP contribution is -2.27. The summed E-state index contributed by atoms with van der Waals surface area (Å²) in [7, 11) is 1.87. The van der Waals surface area contributed by atoms with Crippen molar-refractivity contribution in [3.8, 4) is 0 Å². The molecule has 0 atom stereocenters. The lowest BCUT2D eigenvalue weighted by atomic mass is 10.3. The Balaban J connectivity index is 1.85. The number of nitrogen functional groups attached to an aromatic ring is 1. The number of hydrogen-bond donors (Lipinski definition) is 3. The van der Waals surface area contributed by atoms with E-state index in [0.29, 0.717) is 17.9 Å². The van der Waals surface area contributed by atoms with E-state index in [1.54, 1.807) is 23.0 Å². The highest BCUT2D eigenvalue weighted by atomic mass is 16.1. The van der Waals surface area contributed by atoms with E-state index in [9.17, 15) is 4.79 Å². The van der Waals surface area contributed by atoms with Crippen molar-refractivity contribution in [3.63, 3.8) is 0 Å². The van der Waals surface area contributed by atoms with E-state index in [-0.39, 0.29) is 5.91 Å². The number of aryl methyl sites for hydroxylation is 1. The van der Waals surface area contributed by atoms with Crippen molar-refractivity contribution >= 4 is 11.6 Å². The number of nitrogens with zero attached hydrogens (tertiary/aromatic N) is 3. The Morgan fingerprint density at radius 2 is 2.26 bits per heavy atom. The molecule has 0 aromatic carbocycles. The molecular weight excluding hydrogens is 244 g/mol. The predicted octanol–water partition coefficient (Wildman–Crippen LogP) is 0.0732. The Morgan fingerprint density at radius 1 is 1.42 bits per heavy atom. The normalized spacial score (nSPS) is 10.2. The van der Waals surface area contributed by atoms with E-state index in [1.807, 2.05) is 13.1 Å². The van der Waals surface area contributed by atoms with Crippen LogP contribution < -0.4 is 16.6 Å². The standard InChI is InChI=1S/C12H16N6O/c1-18-10(5-7-16-18)4-6-14-12(19)11-3-2-9(17-13)8-15-11/h2-3,5,7-8,17H,4,6,13H2,1H3,(H,14,19). The van der Waals surface area contributed by atoms with Crippen LogP contribution in [0.5, 0.6) is 0 Å². The van der Waals surface area contributed by atoms with Crippen molar-refractivity contribution in [1.82, 2.24) is 20.1 Å². The molecule has 4 N–H and O–H groups in total. The highest BCUT2D eigenvalue weighted by Gasteiger charge is 2.06. The maximum Gasteiger partial charge on any atom is 0.269 e. The molecule has 100 valence electrons. The third-order valence-corrected chi connectivity index (χ3v) is 2.75. The van der Waals surface area contributed by atoms with Gasteiger partial charge in [-0.15, -0.1) is 0 Å². The molecule has 7 heteroatoms. The SMILES string of the molecule is Cn1nccc1CCNC(=O)c1ccc(NN)cn1. The van der Waals surface area contributed by atoms with Gasteiger partial charge >= 0.3 is 0 Å². The van der Waals surface area contributed by atoms with Crippen LogP contribution in [-0.4, -0.2) is 27.2 Å². The van der Waals surface area contributed by atoms with Crippen molar-refractivity contribution in [1.29, 1.82) is 0 Å². The zero-order chi connectivity index (χ0) is 13.7. The fraction of sp³-hybridized carbons (Fsp3) is 0.250. The van der Waals surface area contributed by atoms with Gasteiger partial charge in [0, 0.05) is 31.9 Å². The number of pyridine rings is 1. The molecule has 0 aliphatic rings. The quantitative estimate of drug-likeness (QED) is 0.522. The van der Waals surface area contributed by atoms with Crippen molar-refractivity contribution in [3.05, 3.63) is 42.0 Å². The van der Waals surface area contributed by atoms with Gasteiger partial charge in [0.25, 0.3) is 5.91 Å². The molecule has 0 unspecified atom stereocenters. The van der Waals surface area contributed by atoms with Crippen LogP contribution in [0.25, 0.3) is 0 Å². The Kier molecular flexibility index (Phi) is 4.09. The molecule has 0 bridgehead atoms. The van der Waals surface area contributed by atoms with Crippen molar-refractivity contribution in [2.45, 2.75) is 6.42 Å². The first-order valence-electron chi connectivity index (χ1n) is 5.88. The maximum atomic E-state index is 11.8. The largest absolute Gasteiger partial charge is 0.350 e. The number of anilines is 1. The second kappa shape index (κ2) is 5.96. The van der Waals surface area contributed by atoms with Crippen LogP contribution in [0.3, 0.4) is 0 Å². The van der Waals surface area contributed by atoms with Crippen LogP contribution in [0, 0.1) is 0 Å². The number of carbonyl (C=O) groups is 1. The fourth-order valence-corrected chi connectivity index (χ4v) is 1.65. The van der Waals surface area contributed by atoms with Gasteiger partial charge in [0.1, 0.15) is 5.69 Å². The van der Waals surface area contributed by atoms with Crippen LogP contribution in [0.2, 0.25) is 0 Å². The minimum Gasteiger partial charge on any atom is -0.350 e. The molecule has 2 aromatic heterocycles. The summed E-state index contributed by atoms with van der Waals surface area (Å²) in [6.07, 6.45) is 3.97. The molecule has 7 nitrogen and oxygen atoms in total. The second-order valence-electron chi connectivity index (χ2n) is 4.03. The van der Waals surface area contributed by atoms with E-state index >= 15 is 0 Å². The maximum absolute atomic E-state index is 11.8. The summed E-state index contributed by atoms with van der Waals surface area (Å²) in [4.78, 5) is 15.8. The van der Waals surface area contributed by atoms with E-state index in [1.165, 1.54) is 6.20 Å². The van der Waals surface area contributed by atoms with Gasteiger partial charge in [-0.05, 0) is 18.2 Å². The van der Waals surface area contributed by atoms with Gasteiger partial charge in [-0.3, -0.25) is 15.3 Å². The second-order valence-corrected chi connectivity index (χ2v) is 4.03. The van der Waals surface area contributed by atoms with Gasteiger partial charge in [0.05, 0.1) is 11.9 Å². The van der Waals surface area contributed by atoms with Crippen LogP contribution in [-0.2, 0) is 13.5 Å². The van der Waals surface area contributed by atoms with Gasteiger partial charge in [-0.1, -0.05) is 0 Å². The van der Waals surface area contributed by atoms with Gasteiger partial charge in [0.2, 0.25) is 0 Å².